The van der Waals surface area contributed by atoms with Crippen LogP contribution in [-0.2, 0) is 13.0 Å². The van der Waals surface area contributed by atoms with Gasteiger partial charge >= 0.3 is 0 Å². The average Bonchev–Trinajstić information content (AvgIpc) is 2.62. The molecule has 3 heterocycles. The minimum absolute atomic E-state index is 0.295. The Morgan fingerprint density at radius 2 is 2.16 bits per heavy atom. The molecular formula is C12H16N6S. The minimum Gasteiger partial charge on any atom is -0.368 e. The van der Waals surface area contributed by atoms with E-state index in [4.69, 9.17) is 5.73 Å². The summed E-state index contributed by atoms with van der Waals surface area (Å²) < 4.78 is 2.20. The second kappa shape index (κ2) is 5.16. The molecule has 0 aromatic carbocycles. The van der Waals surface area contributed by atoms with E-state index in [9.17, 15) is 0 Å². The first-order chi connectivity index (χ1) is 9.24. The van der Waals surface area contributed by atoms with Crippen LogP contribution in [-0.4, -0.2) is 24.7 Å². The van der Waals surface area contributed by atoms with Gasteiger partial charge in [-0.05, 0) is 31.5 Å². The molecule has 0 aliphatic carbocycles. The van der Waals surface area contributed by atoms with Gasteiger partial charge in [-0.25, -0.2) is 9.97 Å². The lowest BCUT2D eigenvalue weighted by molar-refractivity contribution is 0.590. The third-order valence-electron chi connectivity index (χ3n) is 3.21. The summed E-state index contributed by atoms with van der Waals surface area (Å²) in [6, 6.07) is 0. The van der Waals surface area contributed by atoms with Gasteiger partial charge in [0.1, 0.15) is 10.9 Å². The molecule has 19 heavy (non-hydrogen) atoms. The SMILES string of the molecule is Cc1cnc(N)nc1Sc1nnc2n1CCCCC2. The van der Waals surface area contributed by atoms with Gasteiger partial charge in [-0.15, -0.1) is 10.2 Å². The Hall–Kier alpha value is -1.63. The first-order valence-electron chi connectivity index (χ1n) is 6.43. The van der Waals surface area contributed by atoms with E-state index < -0.39 is 0 Å². The van der Waals surface area contributed by atoms with Gasteiger partial charge in [0.05, 0.1) is 0 Å². The lowest BCUT2D eigenvalue weighted by atomic mass is 10.2. The van der Waals surface area contributed by atoms with Gasteiger partial charge in [0.25, 0.3) is 0 Å². The predicted molar refractivity (Wildman–Crippen MR) is 72.9 cm³/mol. The molecule has 0 saturated carbocycles. The van der Waals surface area contributed by atoms with Crippen LogP contribution in [0.4, 0.5) is 5.95 Å². The second-order valence-electron chi connectivity index (χ2n) is 4.68. The van der Waals surface area contributed by atoms with Crippen molar-refractivity contribution in [1.82, 2.24) is 24.7 Å². The van der Waals surface area contributed by atoms with Gasteiger partial charge in [0.15, 0.2) is 5.16 Å². The van der Waals surface area contributed by atoms with Crippen LogP contribution in [0.5, 0.6) is 0 Å². The maximum atomic E-state index is 5.64. The minimum atomic E-state index is 0.295. The van der Waals surface area contributed by atoms with Gasteiger partial charge in [-0.2, -0.15) is 0 Å². The molecule has 0 bridgehead atoms. The Bertz CT molecular complexity index is 594. The number of nitrogens with zero attached hydrogens (tertiary/aromatic N) is 5. The molecule has 1 aliphatic heterocycles. The molecule has 0 spiro atoms. The van der Waals surface area contributed by atoms with Gasteiger partial charge in [-0.1, -0.05) is 6.42 Å². The molecule has 0 amide bonds. The van der Waals surface area contributed by atoms with Crippen molar-refractivity contribution in [2.75, 3.05) is 5.73 Å². The van der Waals surface area contributed by atoms with Crippen molar-refractivity contribution >= 4 is 17.7 Å². The molecule has 7 heteroatoms. The standard InChI is InChI=1S/C12H16N6S/c1-8-7-14-11(13)15-10(8)19-12-17-16-9-5-3-2-4-6-18(9)12/h7H,2-6H2,1H3,(H2,13,14,15). The number of anilines is 1. The molecule has 0 atom stereocenters. The van der Waals surface area contributed by atoms with E-state index in [0.29, 0.717) is 5.95 Å². The Kier molecular flexibility index (Phi) is 3.37. The van der Waals surface area contributed by atoms with E-state index in [-0.39, 0.29) is 0 Å². The largest absolute Gasteiger partial charge is 0.368 e. The third kappa shape index (κ3) is 2.56. The molecule has 1 aliphatic rings. The van der Waals surface area contributed by atoms with E-state index in [2.05, 4.69) is 24.7 Å². The lowest BCUT2D eigenvalue weighted by Gasteiger charge is -2.07. The maximum Gasteiger partial charge on any atom is 0.221 e. The number of aromatic nitrogens is 5. The molecule has 0 radical (unpaired) electrons. The number of nitrogens with two attached hydrogens (primary N) is 1. The van der Waals surface area contributed by atoms with Crippen molar-refractivity contribution in [3.05, 3.63) is 17.6 Å². The highest BCUT2D eigenvalue weighted by Gasteiger charge is 2.17. The number of nitrogen functional groups attached to an aromatic ring is 1. The van der Waals surface area contributed by atoms with Crippen LogP contribution in [0.25, 0.3) is 0 Å². The smallest absolute Gasteiger partial charge is 0.221 e. The zero-order chi connectivity index (χ0) is 13.2. The first kappa shape index (κ1) is 12.4. The van der Waals surface area contributed by atoms with Crippen LogP contribution < -0.4 is 5.73 Å². The van der Waals surface area contributed by atoms with Crippen molar-refractivity contribution in [2.45, 2.75) is 49.3 Å². The van der Waals surface area contributed by atoms with Crippen molar-refractivity contribution in [3.8, 4) is 0 Å². The van der Waals surface area contributed by atoms with Crippen LogP contribution in [0, 0.1) is 6.92 Å². The van der Waals surface area contributed by atoms with E-state index in [1.807, 2.05) is 6.92 Å². The summed E-state index contributed by atoms with van der Waals surface area (Å²) >= 11 is 1.52. The van der Waals surface area contributed by atoms with Crippen molar-refractivity contribution in [1.29, 1.82) is 0 Å². The van der Waals surface area contributed by atoms with Gasteiger partial charge in [0, 0.05) is 24.7 Å². The molecule has 0 saturated heterocycles. The van der Waals surface area contributed by atoms with Gasteiger partial charge in [-0.3, -0.25) is 0 Å². The molecule has 2 N–H and O–H groups in total. The van der Waals surface area contributed by atoms with Crippen LogP contribution in [0.1, 0.15) is 30.7 Å². The fourth-order valence-electron chi connectivity index (χ4n) is 2.16. The summed E-state index contributed by atoms with van der Waals surface area (Å²) in [6.45, 7) is 2.96. The molecule has 2 aromatic rings. The van der Waals surface area contributed by atoms with E-state index >= 15 is 0 Å². The first-order valence-corrected chi connectivity index (χ1v) is 7.25. The molecule has 2 aromatic heterocycles. The highest BCUT2D eigenvalue weighted by Crippen LogP contribution is 2.29. The number of fused-ring (bicyclic) bond motifs is 1. The maximum absolute atomic E-state index is 5.64. The zero-order valence-electron chi connectivity index (χ0n) is 10.8. The summed E-state index contributed by atoms with van der Waals surface area (Å²) in [4.78, 5) is 8.25. The summed E-state index contributed by atoms with van der Waals surface area (Å²) in [5.74, 6) is 1.38. The Morgan fingerprint density at radius 3 is 3.05 bits per heavy atom. The van der Waals surface area contributed by atoms with Crippen LogP contribution in [0.15, 0.2) is 16.4 Å². The van der Waals surface area contributed by atoms with Crippen molar-refractivity contribution in [3.63, 3.8) is 0 Å². The quantitative estimate of drug-likeness (QED) is 0.843. The highest BCUT2D eigenvalue weighted by atomic mass is 32.2. The second-order valence-corrected chi connectivity index (χ2v) is 5.64. The number of hydrogen-bond donors (Lipinski definition) is 1. The average molecular weight is 276 g/mol. The fourth-order valence-corrected chi connectivity index (χ4v) is 3.08. The highest BCUT2D eigenvalue weighted by molar-refractivity contribution is 7.99. The summed E-state index contributed by atoms with van der Waals surface area (Å²) in [5, 5.41) is 10.3. The number of aryl methyl sites for hydroxylation is 2. The van der Waals surface area contributed by atoms with E-state index in [0.717, 1.165) is 34.5 Å². The van der Waals surface area contributed by atoms with E-state index in [1.54, 1.807) is 6.20 Å². The molecule has 0 unspecified atom stereocenters. The lowest BCUT2D eigenvalue weighted by Crippen LogP contribution is -2.03. The number of hydrogen-bond acceptors (Lipinski definition) is 6. The Labute approximate surface area is 115 Å². The third-order valence-corrected chi connectivity index (χ3v) is 4.30. The summed E-state index contributed by atoms with van der Waals surface area (Å²) in [6.07, 6.45) is 6.39. The van der Waals surface area contributed by atoms with Gasteiger partial charge in [0.2, 0.25) is 5.95 Å². The molecule has 0 fully saturated rings. The molecule has 6 nitrogen and oxygen atoms in total. The summed E-state index contributed by atoms with van der Waals surface area (Å²) in [5.41, 5.74) is 6.65. The predicted octanol–water partition coefficient (Wildman–Crippen LogP) is 1.84. The summed E-state index contributed by atoms with van der Waals surface area (Å²) in [7, 11) is 0. The topological polar surface area (TPSA) is 82.5 Å². The Balaban J connectivity index is 1.91. The Morgan fingerprint density at radius 1 is 1.26 bits per heavy atom. The van der Waals surface area contributed by atoms with E-state index in [1.165, 1.54) is 31.0 Å². The normalized spacial score (nSPS) is 15.0. The van der Waals surface area contributed by atoms with Crippen molar-refractivity contribution < 1.29 is 0 Å². The van der Waals surface area contributed by atoms with Crippen molar-refractivity contribution in [2.24, 2.45) is 0 Å². The molecule has 3 rings (SSSR count). The van der Waals surface area contributed by atoms with Crippen LogP contribution >= 0.6 is 11.8 Å². The molecule has 100 valence electrons. The van der Waals surface area contributed by atoms with Crippen LogP contribution in [0.3, 0.4) is 0 Å². The van der Waals surface area contributed by atoms with Gasteiger partial charge < -0.3 is 10.3 Å². The fraction of sp³-hybridized carbons (Fsp3) is 0.500. The van der Waals surface area contributed by atoms with Crippen LogP contribution in [0.2, 0.25) is 0 Å². The monoisotopic (exact) mass is 276 g/mol. The zero-order valence-corrected chi connectivity index (χ0v) is 11.7. The molecular weight excluding hydrogens is 260 g/mol. The number of rotatable bonds is 2.